The summed E-state index contributed by atoms with van der Waals surface area (Å²) in [5.41, 5.74) is 1.58. The van der Waals surface area contributed by atoms with Crippen LogP contribution in [-0.2, 0) is 14.8 Å². The lowest BCUT2D eigenvalue weighted by atomic mass is 10.2. The van der Waals surface area contributed by atoms with Crippen molar-refractivity contribution in [3.8, 4) is 0 Å². The van der Waals surface area contributed by atoms with Gasteiger partial charge in [0.1, 0.15) is 0 Å². The van der Waals surface area contributed by atoms with Crippen LogP contribution in [0.4, 0.5) is 5.69 Å². The molecule has 0 bridgehead atoms. The molecule has 1 N–H and O–H groups in total. The van der Waals surface area contributed by atoms with E-state index in [0.29, 0.717) is 5.69 Å². The molecule has 7 heteroatoms. The number of carbonyl (C=O) groups excluding carboxylic acids is 1. The predicted molar refractivity (Wildman–Crippen MR) is 93.8 cm³/mol. The topological polar surface area (TPSA) is 66.5 Å². The molecule has 0 atom stereocenters. The van der Waals surface area contributed by atoms with Crippen molar-refractivity contribution < 1.29 is 13.2 Å². The first kappa shape index (κ1) is 17.7. The number of amides is 1. The number of anilines is 1. The van der Waals surface area contributed by atoms with Gasteiger partial charge in [-0.25, -0.2) is 8.42 Å². The fourth-order valence-corrected chi connectivity index (χ4v) is 3.30. The summed E-state index contributed by atoms with van der Waals surface area (Å²) in [6, 6.07) is 13.6. The summed E-state index contributed by atoms with van der Waals surface area (Å²) in [6.45, 7) is 1.62. The van der Waals surface area contributed by atoms with Crippen LogP contribution < -0.4 is 5.32 Å². The van der Waals surface area contributed by atoms with Crippen molar-refractivity contribution in [2.75, 3.05) is 18.9 Å². The first-order chi connectivity index (χ1) is 10.8. The van der Waals surface area contributed by atoms with Crippen LogP contribution in [0.3, 0.4) is 0 Å². The maximum Gasteiger partial charge on any atom is 0.243 e. The van der Waals surface area contributed by atoms with Gasteiger partial charge in [-0.15, -0.1) is 0 Å². The Bertz CT molecular complexity index is 787. The van der Waals surface area contributed by atoms with Gasteiger partial charge in [0.25, 0.3) is 0 Å². The fraction of sp³-hybridized carbons (Fsp3) is 0.188. The molecule has 2 aromatic rings. The van der Waals surface area contributed by atoms with Crippen LogP contribution in [-0.4, -0.2) is 32.2 Å². The fourth-order valence-electron chi connectivity index (χ4n) is 1.91. The summed E-state index contributed by atoms with van der Waals surface area (Å²) in [6.07, 6.45) is 0. The van der Waals surface area contributed by atoms with E-state index in [9.17, 15) is 13.2 Å². The highest BCUT2D eigenvalue weighted by Crippen LogP contribution is 2.16. The molecule has 0 spiro atoms. The first-order valence-electron chi connectivity index (χ1n) is 6.87. The van der Waals surface area contributed by atoms with E-state index in [1.807, 2.05) is 6.92 Å². The van der Waals surface area contributed by atoms with E-state index in [2.05, 4.69) is 21.2 Å². The maximum absolute atomic E-state index is 12.4. The van der Waals surface area contributed by atoms with Gasteiger partial charge < -0.3 is 5.32 Å². The third-order valence-electron chi connectivity index (χ3n) is 3.22. The lowest BCUT2D eigenvalue weighted by Gasteiger charge is -2.17. The summed E-state index contributed by atoms with van der Waals surface area (Å²) in [7, 11) is -2.30. The number of rotatable bonds is 5. The Labute approximate surface area is 144 Å². The van der Waals surface area contributed by atoms with Gasteiger partial charge in [0, 0.05) is 17.2 Å². The molecule has 1 amide bonds. The number of sulfonamides is 1. The molecule has 0 aliphatic carbocycles. The lowest BCUT2D eigenvalue weighted by Crippen LogP contribution is -2.34. The van der Waals surface area contributed by atoms with Crippen LogP contribution in [0.2, 0.25) is 0 Å². The van der Waals surface area contributed by atoms with Gasteiger partial charge in [0.2, 0.25) is 15.9 Å². The number of nitrogens with one attached hydrogen (secondary N) is 1. The highest BCUT2D eigenvalue weighted by atomic mass is 79.9. The lowest BCUT2D eigenvalue weighted by molar-refractivity contribution is -0.116. The molecule has 2 aromatic carbocycles. The molecule has 0 heterocycles. The summed E-state index contributed by atoms with van der Waals surface area (Å²) in [4.78, 5) is 12.2. The average molecular weight is 397 g/mol. The van der Waals surface area contributed by atoms with Crippen LogP contribution in [0.5, 0.6) is 0 Å². The SMILES string of the molecule is Cc1ccc(S(=O)(=O)N(C)CC(=O)Nc2ccc(Br)cc2)cc1. The third kappa shape index (κ3) is 4.63. The number of benzene rings is 2. The number of aryl methyl sites for hydroxylation is 1. The Hall–Kier alpha value is -1.70. The number of carbonyl (C=O) groups is 1. The third-order valence-corrected chi connectivity index (χ3v) is 5.57. The summed E-state index contributed by atoms with van der Waals surface area (Å²) in [5.74, 6) is -0.398. The Kier molecular flexibility index (Phi) is 5.56. The van der Waals surface area contributed by atoms with E-state index >= 15 is 0 Å². The molecule has 0 unspecified atom stereocenters. The van der Waals surface area contributed by atoms with Crippen LogP contribution in [0.25, 0.3) is 0 Å². The van der Waals surface area contributed by atoms with Crippen LogP contribution in [0.1, 0.15) is 5.56 Å². The zero-order chi connectivity index (χ0) is 17.0. The second-order valence-corrected chi connectivity index (χ2v) is 8.09. The predicted octanol–water partition coefficient (Wildman–Crippen LogP) is 3.02. The highest BCUT2D eigenvalue weighted by molar-refractivity contribution is 9.10. The molecule has 0 aliphatic heterocycles. The maximum atomic E-state index is 12.4. The normalized spacial score (nSPS) is 11.5. The molecule has 0 saturated carbocycles. The van der Waals surface area contributed by atoms with Gasteiger partial charge in [-0.2, -0.15) is 4.31 Å². The van der Waals surface area contributed by atoms with Crippen LogP contribution in [0, 0.1) is 6.92 Å². The van der Waals surface area contributed by atoms with Gasteiger partial charge in [0.05, 0.1) is 11.4 Å². The minimum atomic E-state index is -3.68. The Balaban J connectivity index is 2.05. The zero-order valence-corrected chi connectivity index (χ0v) is 15.2. The molecule has 0 aromatic heterocycles. The molecule has 0 radical (unpaired) electrons. The summed E-state index contributed by atoms with van der Waals surface area (Å²) in [5, 5.41) is 2.67. The Morgan fingerprint density at radius 2 is 1.65 bits per heavy atom. The molecule has 23 heavy (non-hydrogen) atoms. The Morgan fingerprint density at radius 1 is 1.09 bits per heavy atom. The largest absolute Gasteiger partial charge is 0.325 e. The number of halogens is 1. The minimum Gasteiger partial charge on any atom is -0.325 e. The molecule has 0 saturated heterocycles. The number of hydrogen-bond donors (Lipinski definition) is 1. The molecule has 2 rings (SSSR count). The first-order valence-corrected chi connectivity index (χ1v) is 9.11. The smallest absolute Gasteiger partial charge is 0.243 e. The van der Waals surface area contributed by atoms with E-state index in [1.54, 1.807) is 36.4 Å². The summed E-state index contributed by atoms with van der Waals surface area (Å²) < 4.78 is 26.8. The van der Waals surface area contributed by atoms with Crippen molar-refractivity contribution >= 4 is 37.5 Å². The summed E-state index contributed by atoms with van der Waals surface area (Å²) >= 11 is 3.31. The van der Waals surface area contributed by atoms with Gasteiger partial charge in [-0.1, -0.05) is 33.6 Å². The highest BCUT2D eigenvalue weighted by Gasteiger charge is 2.22. The van der Waals surface area contributed by atoms with E-state index < -0.39 is 15.9 Å². The van der Waals surface area contributed by atoms with Crippen molar-refractivity contribution in [2.24, 2.45) is 0 Å². The van der Waals surface area contributed by atoms with Gasteiger partial charge in [-0.05, 0) is 43.3 Å². The number of hydrogen-bond acceptors (Lipinski definition) is 3. The van der Waals surface area contributed by atoms with E-state index in [-0.39, 0.29) is 11.4 Å². The van der Waals surface area contributed by atoms with Crippen molar-refractivity contribution in [3.05, 3.63) is 58.6 Å². The molecular weight excluding hydrogens is 380 g/mol. The molecule has 122 valence electrons. The molecule has 5 nitrogen and oxygen atoms in total. The van der Waals surface area contributed by atoms with E-state index in [1.165, 1.54) is 19.2 Å². The van der Waals surface area contributed by atoms with Crippen LogP contribution in [0.15, 0.2) is 57.9 Å². The van der Waals surface area contributed by atoms with E-state index in [4.69, 9.17) is 0 Å². The number of likely N-dealkylation sites (N-methyl/N-ethyl adjacent to an activating group) is 1. The monoisotopic (exact) mass is 396 g/mol. The van der Waals surface area contributed by atoms with Crippen molar-refractivity contribution in [1.29, 1.82) is 0 Å². The second-order valence-electron chi connectivity index (χ2n) is 5.13. The molecule has 0 fully saturated rings. The van der Waals surface area contributed by atoms with Crippen molar-refractivity contribution in [2.45, 2.75) is 11.8 Å². The van der Waals surface area contributed by atoms with E-state index in [0.717, 1.165) is 14.3 Å². The van der Waals surface area contributed by atoms with Crippen LogP contribution >= 0.6 is 15.9 Å². The standard InChI is InChI=1S/C16H17BrN2O3S/c1-12-3-9-15(10-4-12)23(21,22)19(2)11-16(20)18-14-7-5-13(17)6-8-14/h3-10H,11H2,1-2H3,(H,18,20). The zero-order valence-electron chi connectivity index (χ0n) is 12.8. The quantitative estimate of drug-likeness (QED) is 0.844. The molecule has 0 aliphatic rings. The van der Waals surface area contributed by atoms with Gasteiger partial charge in [0.15, 0.2) is 0 Å². The molecular formula is C16H17BrN2O3S. The van der Waals surface area contributed by atoms with Crippen molar-refractivity contribution in [1.82, 2.24) is 4.31 Å². The van der Waals surface area contributed by atoms with Gasteiger partial charge in [-0.3, -0.25) is 4.79 Å². The van der Waals surface area contributed by atoms with Gasteiger partial charge >= 0.3 is 0 Å². The Morgan fingerprint density at radius 3 is 2.22 bits per heavy atom. The minimum absolute atomic E-state index is 0.169. The second kappa shape index (κ2) is 7.25. The average Bonchev–Trinajstić information content (AvgIpc) is 2.50. The van der Waals surface area contributed by atoms with Crippen molar-refractivity contribution in [3.63, 3.8) is 0 Å². The number of nitrogens with zero attached hydrogens (tertiary/aromatic N) is 1.